The van der Waals surface area contributed by atoms with Crippen LogP contribution in [0.15, 0.2) is 83.3 Å². The Labute approximate surface area is 243 Å². The molecular formula is C32H34BrN3O4. The van der Waals surface area contributed by atoms with Gasteiger partial charge in [-0.05, 0) is 48.2 Å². The molecule has 40 heavy (non-hydrogen) atoms. The zero-order chi connectivity index (χ0) is 28.5. The molecule has 7 nitrogen and oxygen atoms in total. The highest BCUT2D eigenvalue weighted by molar-refractivity contribution is 9.10. The molecule has 3 aromatic rings. The van der Waals surface area contributed by atoms with Gasteiger partial charge in [0.15, 0.2) is 0 Å². The topological polar surface area (TPSA) is 86.8 Å². The number of nitrogens with zero attached hydrogens (tertiary/aromatic N) is 2. The van der Waals surface area contributed by atoms with E-state index in [2.05, 4.69) is 28.2 Å². The number of halogens is 1. The third-order valence-electron chi connectivity index (χ3n) is 7.02. The first-order valence-corrected chi connectivity index (χ1v) is 14.5. The molecule has 4 amide bonds. The number of carbonyl (C=O) groups excluding carboxylic acids is 4. The molecule has 3 aromatic carbocycles. The average Bonchev–Trinajstić information content (AvgIpc) is 3.21. The molecule has 8 heteroatoms. The summed E-state index contributed by atoms with van der Waals surface area (Å²) in [6.45, 7) is 3.00. The first kappa shape index (κ1) is 29.2. The van der Waals surface area contributed by atoms with Crippen molar-refractivity contribution in [3.8, 4) is 0 Å². The van der Waals surface area contributed by atoms with Gasteiger partial charge in [0.1, 0.15) is 6.04 Å². The maximum atomic E-state index is 13.8. The normalized spacial score (nSPS) is 13.2. The maximum Gasteiger partial charge on any atom is 0.261 e. The molecule has 0 fully saturated rings. The van der Waals surface area contributed by atoms with Crippen molar-refractivity contribution in [3.05, 3.63) is 106 Å². The standard InChI is InChI=1S/C32H34BrN3O4/c1-2-3-19-34-30(38)28(21-23-10-5-4-6-11-23)36(22-24-15-17-25(33)18-16-24)29(37)14-9-20-35-31(39)26-12-7-8-13-27(26)32(35)40/h4-8,10-13,15-18,28H,2-3,9,14,19-22H2,1H3,(H,34,38)/t28-/m0/s1. The van der Waals surface area contributed by atoms with Crippen LogP contribution in [0.2, 0.25) is 0 Å². The van der Waals surface area contributed by atoms with Gasteiger partial charge in [0.2, 0.25) is 11.8 Å². The molecule has 4 rings (SSSR count). The minimum atomic E-state index is -0.713. The summed E-state index contributed by atoms with van der Waals surface area (Å²) in [5.41, 5.74) is 2.64. The van der Waals surface area contributed by atoms with E-state index < -0.39 is 6.04 Å². The molecular weight excluding hydrogens is 570 g/mol. The first-order chi connectivity index (χ1) is 19.4. The van der Waals surface area contributed by atoms with Crippen molar-refractivity contribution in [2.75, 3.05) is 13.1 Å². The third kappa shape index (κ3) is 7.24. The minimum Gasteiger partial charge on any atom is -0.354 e. The molecule has 0 aromatic heterocycles. The molecule has 0 unspecified atom stereocenters. The summed E-state index contributed by atoms with van der Waals surface area (Å²) in [7, 11) is 0. The summed E-state index contributed by atoms with van der Waals surface area (Å²) in [4.78, 5) is 55.7. The van der Waals surface area contributed by atoms with Gasteiger partial charge in [-0.1, -0.05) is 83.9 Å². The lowest BCUT2D eigenvalue weighted by Crippen LogP contribution is -2.50. The van der Waals surface area contributed by atoms with Gasteiger partial charge in [0.25, 0.3) is 11.8 Å². The molecule has 208 valence electrons. The van der Waals surface area contributed by atoms with Gasteiger partial charge in [-0.2, -0.15) is 0 Å². The van der Waals surface area contributed by atoms with Crippen LogP contribution in [0.3, 0.4) is 0 Å². The summed E-state index contributed by atoms with van der Waals surface area (Å²) in [5, 5.41) is 3.02. The number of imide groups is 1. The summed E-state index contributed by atoms with van der Waals surface area (Å²) < 4.78 is 0.924. The van der Waals surface area contributed by atoms with Gasteiger partial charge in [0.05, 0.1) is 11.1 Å². The number of hydrogen-bond donors (Lipinski definition) is 1. The SMILES string of the molecule is CCCCNC(=O)[C@H](Cc1ccccc1)N(Cc1ccc(Br)cc1)C(=O)CCCN1C(=O)c2ccccc2C1=O. The van der Waals surface area contributed by atoms with Gasteiger partial charge >= 0.3 is 0 Å². The zero-order valence-corrected chi connectivity index (χ0v) is 24.2. The molecule has 1 aliphatic rings. The van der Waals surface area contributed by atoms with E-state index >= 15 is 0 Å². The van der Waals surface area contributed by atoms with E-state index in [1.165, 1.54) is 4.90 Å². The van der Waals surface area contributed by atoms with E-state index in [9.17, 15) is 19.2 Å². The number of benzene rings is 3. The molecule has 1 heterocycles. The van der Waals surface area contributed by atoms with Gasteiger partial charge < -0.3 is 10.2 Å². The smallest absolute Gasteiger partial charge is 0.261 e. The Morgan fingerprint density at radius 2 is 1.48 bits per heavy atom. The van der Waals surface area contributed by atoms with Crippen LogP contribution in [0.1, 0.15) is 64.4 Å². The van der Waals surface area contributed by atoms with Crippen molar-refractivity contribution in [2.45, 2.75) is 51.6 Å². The van der Waals surface area contributed by atoms with Crippen molar-refractivity contribution >= 4 is 39.6 Å². The number of hydrogen-bond acceptors (Lipinski definition) is 4. The predicted molar refractivity (Wildman–Crippen MR) is 158 cm³/mol. The quantitative estimate of drug-likeness (QED) is 0.210. The van der Waals surface area contributed by atoms with E-state index in [4.69, 9.17) is 0 Å². The Morgan fingerprint density at radius 1 is 0.850 bits per heavy atom. The Hall–Kier alpha value is -3.78. The molecule has 0 bridgehead atoms. The van der Waals surface area contributed by atoms with Crippen LogP contribution in [0.4, 0.5) is 0 Å². The fourth-order valence-corrected chi connectivity index (χ4v) is 5.09. The average molecular weight is 605 g/mol. The molecule has 0 spiro atoms. The monoisotopic (exact) mass is 603 g/mol. The van der Waals surface area contributed by atoms with E-state index in [0.29, 0.717) is 30.5 Å². The van der Waals surface area contributed by atoms with Crippen molar-refractivity contribution in [1.29, 1.82) is 0 Å². The van der Waals surface area contributed by atoms with Crippen LogP contribution < -0.4 is 5.32 Å². The second-order valence-corrected chi connectivity index (χ2v) is 10.8. The summed E-state index contributed by atoms with van der Waals surface area (Å²) in [6.07, 6.45) is 2.57. The lowest BCUT2D eigenvalue weighted by molar-refractivity contribution is -0.141. The molecule has 1 atom stereocenters. The van der Waals surface area contributed by atoms with Crippen LogP contribution in [0.25, 0.3) is 0 Å². The second kappa shape index (κ2) is 14.0. The van der Waals surface area contributed by atoms with Crippen LogP contribution in [0, 0.1) is 0 Å². The number of fused-ring (bicyclic) bond motifs is 1. The number of rotatable bonds is 13. The Bertz CT molecular complexity index is 1310. The molecule has 1 aliphatic heterocycles. The third-order valence-corrected chi connectivity index (χ3v) is 7.55. The van der Waals surface area contributed by atoms with E-state index in [-0.39, 0.29) is 43.1 Å². The van der Waals surface area contributed by atoms with Gasteiger partial charge in [0, 0.05) is 36.9 Å². The van der Waals surface area contributed by atoms with E-state index in [1.807, 2.05) is 54.6 Å². The number of nitrogens with one attached hydrogen (secondary N) is 1. The minimum absolute atomic E-state index is 0.0947. The second-order valence-electron chi connectivity index (χ2n) is 9.91. The van der Waals surface area contributed by atoms with Crippen molar-refractivity contribution < 1.29 is 19.2 Å². The Kier molecular flexibility index (Phi) is 10.2. The first-order valence-electron chi connectivity index (χ1n) is 13.7. The lowest BCUT2D eigenvalue weighted by atomic mass is 10.0. The number of carbonyl (C=O) groups is 4. The van der Waals surface area contributed by atoms with Crippen LogP contribution in [0.5, 0.6) is 0 Å². The van der Waals surface area contributed by atoms with Crippen molar-refractivity contribution in [1.82, 2.24) is 15.1 Å². The molecule has 0 saturated heterocycles. The Balaban J connectivity index is 1.53. The summed E-state index contributed by atoms with van der Waals surface area (Å²) >= 11 is 3.45. The molecule has 0 aliphatic carbocycles. The van der Waals surface area contributed by atoms with Crippen molar-refractivity contribution in [2.24, 2.45) is 0 Å². The molecule has 0 saturated carbocycles. The maximum absolute atomic E-state index is 13.8. The van der Waals surface area contributed by atoms with Gasteiger partial charge in [-0.25, -0.2) is 0 Å². The fraction of sp³-hybridized carbons (Fsp3) is 0.312. The number of unbranched alkanes of at least 4 members (excludes halogenated alkanes) is 1. The van der Waals surface area contributed by atoms with Crippen LogP contribution in [-0.4, -0.2) is 52.6 Å². The zero-order valence-electron chi connectivity index (χ0n) is 22.6. The predicted octanol–water partition coefficient (Wildman–Crippen LogP) is 5.38. The highest BCUT2D eigenvalue weighted by Crippen LogP contribution is 2.23. The fourth-order valence-electron chi connectivity index (χ4n) is 4.82. The Morgan fingerprint density at radius 3 is 2.10 bits per heavy atom. The molecule has 1 N–H and O–H groups in total. The van der Waals surface area contributed by atoms with Crippen molar-refractivity contribution in [3.63, 3.8) is 0 Å². The largest absolute Gasteiger partial charge is 0.354 e. The summed E-state index contributed by atoms with van der Waals surface area (Å²) in [6, 6.07) is 23.4. The van der Waals surface area contributed by atoms with Crippen LogP contribution in [-0.2, 0) is 22.6 Å². The lowest BCUT2D eigenvalue weighted by Gasteiger charge is -2.32. The van der Waals surface area contributed by atoms with E-state index in [1.54, 1.807) is 29.2 Å². The van der Waals surface area contributed by atoms with Gasteiger partial charge in [-0.3, -0.25) is 24.1 Å². The highest BCUT2D eigenvalue weighted by atomic mass is 79.9. The number of amides is 4. The van der Waals surface area contributed by atoms with Gasteiger partial charge in [-0.15, -0.1) is 0 Å². The van der Waals surface area contributed by atoms with E-state index in [0.717, 1.165) is 28.4 Å². The summed E-state index contributed by atoms with van der Waals surface area (Å²) in [5.74, 6) is -1.07. The molecule has 0 radical (unpaired) electrons. The van der Waals surface area contributed by atoms with Crippen LogP contribution >= 0.6 is 15.9 Å². The highest BCUT2D eigenvalue weighted by Gasteiger charge is 2.35.